The number of carbonyl (C=O) groups is 1. The summed E-state index contributed by atoms with van der Waals surface area (Å²) in [5.41, 5.74) is 0.817. The van der Waals surface area contributed by atoms with Gasteiger partial charge in [0, 0.05) is 17.5 Å². The van der Waals surface area contributed by atoms with Crippen molar-refractivity contribution in [2.24, 2.45) is 0 Å². The maximum atomic E-state index is 12.3. The Labute approximate surface area is 140 Å². The molecule has 24 heavy (non-hydrogen) atoms. The standard InChI is InChI=1S/C18H20N4O2/c1-3-16-20-18(24-21-16)12-22(2)11-17(23)19-15-10-6-8-13-7-4-5-9-14(13)15/h4-10H,3,11-12H2,1-2H3,(H,19,23). The van der Waals surface area contributed by atoms with Gasteiger partial charge in [-0.3, -0.25) is 9.69 Å². The molecular weight excluding hydrogens is 304 g/mol. The molecule has 0 saturated heterocycles. The maximum absolute atomic E-state index is 12.3. The highest BCUT2D eigenvalue weighted by Crippen LogP contribution is 2.22. The predicted octanol–water partition coefficient (Wildman–Crippen LogP) is 2.86. The van der Waals surface area contributed by atoms with Crippen LogP contribution in [0.2, 0.25) is 0 Å². The normalized spacial score (nSPS) is 11.1. The van der Waals surface area contributed by atoms with Crippen molar-refractivity contribution in [1.29, 1.82) is 0 Å². The largest absolute Gasteiger partial charge is 0.338 e. The number of hydrogen-bond donors (Lipinski definition) is 1. The van der Waals surface area contributed by atoms with E-state index < -0.39 is 0 Å². The fourth-order valence-electron chi connectivity index (χ4n) is 2.55. The van der Waals surface area contributed by atoms with Crippen LogP contribution in [0.1, 0.15) is 18.6 Å². The number of likely N-dealkylation sites (N-methyl/N-ethyl adjacent to an activating group) is 1. The van der Waals surface area contributed by atoms with Gasteiger partial charge in [0.2, 0.25) is 11.8 Å². The van der Waals surface area contributed by atoms with Crippen LogP contribution < -0.4 is 5.32 Å². The molecule has 0 bridgehead atoms. The summed E-state index contributed by atoms with van der Waals surface area (Å²) < 4.78 is 5.15. The fraction of sp³-hybridized carbons (Fsp3) is 0.278. The maximum Gasteiger partial charge on any atom is 0.240 e. The minimum absolute atomic E-state index is 0.0796. The van der Waals surface area contributed by atoms with Crippen LogP contribution in [0.4, 0.5) is 5.69 Å². The van der Waals surface area contributed by atoms with Gasteiger partial charge in [0.25, 0.3) is 0 Å². The van der Waals surface area contributed by atoms with Gasteiger partial charge < -0.3 is 9.84 Å². The minimum atomic E-state index is -0.0796. The van der Waals surface area contributed by atoms with E-state index in [2.05, 4.69) is 15.5 Å². The average molecular weight is 324 g/mol. The van der Waals surface area contributed by atoms with Gasteiger partial charge in [-0.25, -0.2) is 0 Å². The van der Waals surface area contributed by atoms with E-state index in [0.717, 1.165) is 22.9 Å². The van der Waals surface area contributed by atoms with Crippen molar-refractivity contribution in [3.05, 3.63) is 54.2 Å². The van der Waals surface area contributed by atoms with E-state index in [9.17, 15) is 4.79 Å². The molecule has 0 saturated carbocycles. The molecule has 0 atom stereocenters. The lowest BCUT2D eigenvalue weighted by Crippen LogP contribution is -2.30. The Morgan fingerprint density at radius 1 is 1.21 bits per heavy atom. The molecule has 0 radical (unpaired) electrons. The molecule has 124 valence electrons. The Hall–Kier alpha value is -2.73. The first-order valence-electron chi connectivity index (χ1n) is 7.93. The molecular formula is C18H20N4O2. The van der Waals surface area contributed by atoms with E-state index in [1.807, 2.05) is 61.3 Å². The zero-order valence-electron chi connectivity index (χ0n) is 13.8. The first-order chi connectivity index (χ1) is 11.7. The number of benzene rings is 2. The monoisotopic (exact) mass is 324 g/mol. The molecule has 0 aliphatic heterocycles. The SMILES string of the molecule is CCc1noc(CN(C)CC(=O)Nc2cccc3ccccc23)n1. The molecule has 1 aromatic heterocycles. The molecule has 1 amide bonds. The van der Waals surface area contributed by atoms with Gasteiger partial charge in [-0.05, 0) is 18.5 Å². The second-order valence-electron chi connectivity index (χ2n) is 5.71. The Balaban J connectivity index is 1.62. The first-order valence-corrected chi connectivity index (χ1v) is 7.93. The van der Waals surface area contributed by atoms with Crippen LogP contribution in [0.25, 0.3) is 10.8 Å². The van der Waals surface area contributed by atoms with Crippen molar-refractivity contribution in [2.75, 3.05) is 18.9 Å². The number of hydrogen-bond acceptors (Lipinski definition) is 5. The van der Waals surface area contributed by atoms with Crippen LogP contribution in [-0.2, 0) is 17.8 Å². The van der Waals surface area contributed by atoms with Gasteiger partial charge in [-0.15, -0.1) is 0 Å². The molecule has 3 rings (SSSR count). The summed E-state index contributed by atoms with van der Waals surface area (Å²) in [6.07, 6.45) is 0.731. The third-order valence-corrected chi connectivity index (χ3v) is 3.71. The molecule has 2 aromatic carbocycles. The number of carbonyl (C=O) groups excluding carboxylic acids is 1. The summed E-state index contributed by atoms with van der Waals surface area (Å²) in [6.45, 7) is 2.65. The number of fused-ring (bicyclic) bond motifs is 1. The van der Waals surface area contributed by atoms with Crippen molar-refractivity contribution in [3.63, 3.8) is 0 Å². The number of nitrogens with one attached hydrogen (secondary N) is 1. The van der Waals surface area contributed by atoms with E-state index in [1.54, 1.807) is 0 Å². The molecule has 6 heteroatoms. The van der Waals surface area contributed by atoms with Crippen LogP contribution in [0.5, 0.6) is 0 Å². The second kappa shape index (κ2) is 7.23. The Kier molecular flexibility index (Phi) is 4.86. The molecule has 0 unspecified atom stereocenters. The molecule has 6 nitrogen and oxygen atoms in total. The van der Waals surface area contributed by atoms with E-state index >= 15 is 0 Å². The van der Waals surface area contributed by atoms with Crippen molar-refractivity contribution < 1.29 is 9.32 Å². The summed E-state index contributed by atoms with van der Waals surface area (Å²) in [4.78, 5) is 18.4. The zero-order valence-corrected chi connectivity index (χ0v) is 13.8. The van der Waals surface area contributed by atoms with E-state index in [-0.39, 0.29) is 12.5 Å². The third-order valence-electron chi connectivity index (χ3n) is 3.71. The molecule has 0 fully saturated rings. The van der Waals surface area contributed by atoms with Crippen LogP contribution in [0.3, 0.4) is 0 Å². The Morgan fingerprint density at radius 2 is 2.00 bits per heavy atom. The average Bonchev–Trinajstić information content (AvgIpc) is 3.02. The summed E-state index contributed by atoms with van der Waals surface area (Å²) in [5.74, 6) is 1.12. The first kappa shape index (κ1) is 16.1. The number of amides is 1. The van der Waals surface area contributed by atoms with Crippen LogP contribution in [-0.4, -0.2) is 34.5 Å². The van der Waals surface area contributed by atoms with E-state index in [4.69, 9.17) is 4.52 Å². The highest BCUT2D eigenvalue weighted by molar-refractivity contribution is 6.02. The van der Waals surface area contributed by atoms with Crippen LogP contribution in [0, 0.1) is 0 Å². The summed E-state index contributed by atoms with van der Waals surface area (Å²) in [5, 5.41) is 8.95. The van der Waals surface area contributed by atoms with Crippen molar-refractivity contribution in [2.45, 2.75) is 19.9 Å². The molecule has 1 N–H and O–H groups in total. The number of rotatable bonds is 6. The predicted molar refractivity (Wildman–Crippen MR) is 92.6 cm³/mol. The Bertz CT molecular complexity index is 838. The van der Waals surface area contributed by atoms with E-state index in [1.165, 1.54) is 0 Å². The summed E-state index contributed by atoms with van der Waals surface area (Å²) >= 11 is 0. The van der Waals surface area contributed by atoms with Crippen molar-refractivity contribution in [3.8, 4) is 0 Å². The lowest BCUT2D eigenvalue weighted by Gasteiger charge is -2.14. The van der Waals surface area contributed by atoms with Crippen molar-refractivity contribution in [1.82, 2.24) is 15.0 Å². The van der Waals surface area contributed by atoms with Gasteiger partial charge in [0.05, 0.1) is 13.1 Å². The molecule has 0 spiro atoms. The number of aryl methyl sites for hydroxylation is 1. The minimum Gasteiger partial charge on any atom is -0.338 e. The summed E-state index contributed by atoms with van der Waals surface area (Å²) in [7, 11) is 1.85. The zero-order chi connectivity index (χ0) is 16.9. The number of nitrogens with zero attached hydrogens (tertiary/aromatic N) is 3. The van der Waals surface area contributed by atoms with Gasteiger partial charge >= 0.3 is 0 Å². The fourth-order valence-corrected chi connectivity index (χ4v) is 2.55. The third kappa shape index (κ3) is 3.78. The topological polar surface area (TPSA) is 71.3 Å². The van der Waals surface area contributed by atoms with Gasteiger partial charge in [-0.1, -0.05) is 48.5 Å². The van der Waals surface area contributed by atoms with Crippen LogP contribution in [0.15, 0.2) is 47.0 Å². The van der Waals surface area contributed by atoms with Gasteiger partial charge in [-0.2, -0.15) is 4.98 Å². The lowest BCUT2D eigenvalue weighted by molar-refractivity contribution is -0.117. The molecule has 1 heterocycles. The van der Waals surface area contributed by atoms with E-state index in [0.29, 0.717) is 18.3 Å². The van der Waals surface area contributed by atoms with Crippen LogP contribution >= 0.6 is 0 Å². The summed E-state index contributed by atoms with van der Waals surface area (Å²) in [6, 6.07) is 13.8. The van der Waals surface area contributed by atoms with Gasteiger partial charge in [0.15, 0.2) is 5.82 Å². The molecule has 0 aliphatic carbocycles. The lowest BCUT2D eigenvalue weighted by atomic mass is 10.1. The van der Waals surface area contributed by atoms with Gasteiger partial charge in [0.1, 0.15) is 0 Å². The number of aromatic nitrogens is 2. The quantitative estimate of drug-likeness (QED) is 0.755. The highest BCUT2D eigenvalue weighted by Gasteiger charge is 2.12. The molecule has 0 aliphatic rings. The smallest absolute Gasteiger partial charge is 0.240 e. The molecule has 3 aromatic rings. The second-order valence-corrected chi connectivity index (χ2v) is 5.71. The number of anilines is 1. The van der Waals surface area contributed by atoms with Crippen molar-refractivity contribution >= 4 is 22.4 Å². The Morgan fingerprint density at radius 3 is 2.79 bits per heavy atom. The highest BCUT2D eigenvalue weighted by atomic mass is 16.5.